The molecule has 1 aliphatic heterocycles. The predicted octanol–water partition coefficient (Wildman–Crippen LogP) is 6.31. The number of sulfone groups is 1. The van der Waals surface area contributed by atoms with E-state index in [-0.39, 0.29) is 20.6 Å². The van der Waals surface area contributed by atoms with E-state index in [1.807, 2.05) is 47.3 Å². The zero-order chi connectivity index (χ0) is 21.9. The van der Waals surface area contributed by atoms with Gasteiger partial charge in [0.15, 0.2) is 0 Å². The molecule has 4 nitrogen and oxygen atoms in total. The van der Waals surface area contributed by atoms with Gasteiger partial charge in [-0.05, 0) is 52.0 Å². The number of hydrogen-bond acceptors (Lipinski definition) is 4. The van der Waals surface area contributed by atoms with Crippen LogP contribution in [0, 0.1) is 0 Å². The second kappa shape index (κ2) is 7.36. The van der Waals surface area contributed by atoms with Crippen molar-refractivity contribution < 1.29 is 16.0 Å². The predicted molar refractivity (Wildman–Crippen MR) is 119 cm³/mol. The fourth-order valence-corrected chi connectivity index (χ4v) is 6.93. The maximum absolute atomic E-state index is 13.8. The molecule has 0 aliphatic carbocycles. The second-order valence-corrected chi connectivity index (χ2v) is 13.7. The van der Waals surface area contributed by atoms with Crippen LogP contribution in [0.1, 0.15) is 52.7 Å². The highest BCUT2D eigenvalue weighted by Gasteiger charge is 2.40. The maximum Gasteiger partial charge on any atom is 0.853 e. The van der Waals surface area contributed by atoms with Crippen LogP contribution in [-0.4, -0.2) is 23.2 Å². The molecular weight excluding hydrogens is 446 g/mol. The van der Waals surface area contributed by atoms with Gasteiger partial charge in [-0.2, -0.15) is 0 Å². The highest BCUT2D eigenvalue weighted by Crippen LogP contribution is 2.47. The second-order valence-electron chi connectivity index (χ2n) is 9.37. The Bertz CT molecular complexity index is 1000. The first-order valence-electron chi connectivity index (χ1n) is 9.39. The van der Waals surface area contributed by atoms with Crippen molar-refractivity contribution in [3.63, 3.8) is 0 Å². The van der Waals surface area contributed by atoms with Crippen LogP contribution in [0.3, 0.4) is 0 Å². The number of fused-ring (bicyclic) bond motifs is 2. The zero-order valence-electron chi connectivity index (χ0n) is 17.7. The van der Waals surface area contributed by atoms with Gasteiger partial charge in [-0.15, -0.1) is 0 Å². The summed E-state index contributed by atoms with van der Waals surface area (Å²) in [6, 6.07) is 6.43. The Morgan fingerprint density at radius 3 is 1.41 bits per heavy atom. The van der Waals surface area contributed by atoms with Gasteiger partial charge in [0.05, 0.1) is 0 Å². The molecule has 29 heavy (non-hydrogen) atoms. The fourth-order valence-electron chi connectivity index (χ4n) is 3.37. The lowest BCUT2D eigenvalue weighted by Gasteiger charge is -2.32. The van der Waals surface area contributed by atoms with Crippen LogP contribution in [0.2, 0.25) is 15.8 Å². The van der Waals surface area contributed by atoms with Gasteiger partial charge in [-0.25, -0.2) is 8.42 Å². The largest absolute Gasteiger partial charge is 0.853 e. The monoisotopic (exact) mass is 470 g/mol. The van der Waals surface area contributed by atoms with E-state index in [1.165, 1.54) is 12.1 Å². The molecule has 0 spiro atoms. The lowest BCUT2D eigenvalue weighted by molar-refractivity contribution is 0.394. The normalized spacial score (nSPS) is 16.1. The van der Waals surface area contributed by atoms with E-state index >= 15 is 0 Å². The Labute approximate surface area is 188 Å². The summed E-state index contributed by atoms with van der Waals surface area (Å²) in [6.45, 7) is 11.9. The summed E-state index contributed by atoms with van der Waals surface area (Å²) in [7, 11) is -3.99. The molecule has 0 atom stereocenters. The third-order valence-electron chi connectivity index (χ3n) is 4.80. The van der Waals surface area contributed by atoms with Crippen LogP contribution in [-0.2, 0) is 20.7 Å². The third kappa shape index (κ3) is 4.29. The molecule has 0 saturated carbocycles. The smallest absolute Gasteiger partial charge is 0.611 e. The van der Waals surface area contributed by atoms with Crippen LogP contribution >= 0.6 is 23.2 Å². The lowest BCUT2D eigenvalue weighted by Crippen LogP contribution is -2.32. The topological polar surface area (TPSA) is 52.6 Å². The average molecular weight is 471 g/mol. The Hall–Kier alpha value is -0.898. The Balaban J connectivity index is 2.46. The van der Waals surface area contributed by atoms with Crippen molar-refractivity contribution in [1.29, 1.82) is 0 Å². The number of rotatable bonds is 0. The Morgan fingerprint density at radius 1 is 0.759 bits per heavy atom. The number of halogens is 2. The van der Waals surface area contributed by atoms with E-state index in [9.17, 15) is 8.42 Å². The van der Waals surface area contributed by atoms with Gasteiger partial charge in [0.2, 0.25) is 9.84 Å². The quantitative estimate of drug-likeness (QED) is 0.423. The molecule has 2 aromatic carbocycles. The van der Waals surface area contributed by atoms with Crippen molar-refractivity contribution in [2.75, 3.05) is 0 Å². The van der Waals surface area contributed by atoms with E-state index in [2.05, 4.69) is 0 Å². The molecule has 1 aliphatic rings. The van der Waals surface area contributed by atoms with Crippen LogP contribution < -0.4 is 7.58 Å². The SMILES string of the molecule is [CH3][Al]1[O]c2c(C(C)(C)C)cc(Cl)cc2S(=O)(=O)c2cc(Cl)cc(C(C)(C)C)c2[O]1. The van der Waals surface area contributed by atoms with Gasteiger partial charge in [0.25, 0.3) is 0 Å². The van der Waals surface area contributed by atoms with E-state index in [0.29, 0.717) is 21.5 Å². The lowest BCUT2D eigenvalue weighted by atomic mass is 9.86. The van der Waals surface area contributed by atoms with E-state index < -0.39 is 24.7 Å². The minimum Gasteiger partial charge on any atom is -0.611 e. The molecule has 2 aromatic rings. The van der Waals surface area contributed by atoms with Crippen molar-refractivity contribution >= 4 is 47.9 Å². The molecule has 0 fully saturated rings. The molecular formula is C21H25AlCl2O4S. The van der Waals surface area contributed by atoms with E-state index in [1.54, 1.807) is 12.1 Å². The van der Waals surface area contributed by atoms with Gasteiger partial charge in [0, 0.05) is 10.0 Å². The molecule has 0 aromatic heterocycles. The molecule has 0 saturated heterocycles. The van der Waals surface area contributed by atoms with Gasteiger partial charge in [-0.1, -0.05) is 64.7 Å². The summed E-state index contributed by atoms with van der Waals surface area (Å²) in [5.41, 5.74) is 0.720. The molecule has 3 rings (SSSR count). The van der Waals surface area contributed by atoms with Gasteiger partial charge >= 0.3 is 14.8 Å². The van der Waals surface area contributed by atoms with Crippen molar-refractivity contribution in [3.05, 3.63) is 45.4 Å². The minimum atomic E-state index is -3.99. The first-order valence-corrected chi connectivity index (χ1v) is 13.7. The highest BCUT2D eigenvalue weighted by atomic mass is 35.5. The molecule has 0 N–H and O–H groups in total. The molecule has 0 amide bonds. The van der Waals surface area contributed by atoms with Crippen molar-refractivity contribution in [3.8, 4) is 11.5 Å². The third-order valence-corrected chi connectivity index (χ3v) is 8.14. The van der Waals surface area contributed by atoms with E-state index in [0.717, 1.165) is 11.1 Å². The van der Waals surface area contributed by atoms with E-state index in [4.69, 9.17) is 30.8 Å². The minimum absolute atomic E-state index is 0.0564. The molecule has 156 valence electrons. The summed E-state index contributed by atoms with van der Waals surface area (Å²) in [4.78, 5) is 0.113. The molecule has 1 heterocycles. The summed E-state index contributed by atoms with van der Waals surface area (Å²) < 4.78 is 39.9. The molecule has 0 radical (unpaired) electrons. The zero-order valence-corrected chi connectivity index (χ0v) is 21.2. The van der Waals surface area contributed by atoms with Crippen LogP contribution in [0.25, 0.3) is 0 Å². The first kappa shape index (κ1) is 22.8. The van der Waals surface area contributed by atoms with Gasteiger partial charge in [0.1, 0.15) is 21.3 Å². The van der Waals surface area contributed by atoms with Crippen LogP contribution in [0.4, 0.5) is 0 Å². The summed E-state index contributed by atoms with van der Waals surface area (Å²) >= 11 is 10.4. The highest BCUT2D eigenvalue weighted by molar-refractivity contribution is 7.91. The van der Waals surface area contributed by atoms with Gasteiger partial charge < -0.3 is 7.58 Å². The summed E-state index contributed by atoms with van der Waals surface area (Å²) in [5, 5.41) is 0.688. The van der Waals surface area contributed by atoms with Crippen molar-refractivity contribution in [2.45, 2.75) is 67.9 Å². The van der Waals surface area contributed by atoms with Crippen LogP contribution in [0.15, 0.2) is 34.1 Å². The molecule has 0 unspecified atom stereocenters. The maximum atomic E-state index is 13.8. The Morgan fingerprint density at radius 2 is 1.10 bits per heavy atom. The molecule has 0 bridgehead atoms. The fraction of sp³-hybridized carbons (Fsp3) is 0.429. The number of hydrogen-bond donors (Lipinski definition) is 0. The molecule has 8 heteroatoms. The summed E-state index contributed by atoms with van der Waals surface area (Å²) in [6.07, 6.45) is 0. The average Bonchev–Trinajstić information content (AvgIpc) is 2.54. The Kier molecular flexibility index (Phi) is 5.78. The van der Waals surface area contributed by atoms with Crippen molar-refractivity contribution in [2.24, 2.45) is 0 Å². The first-order chi connectivity index (χ1) is 13.1. The number of benzene rings is 2. The van der Waals surface area contributed by atoms with Gasteiger partial charge in [-0.3, -0.25) is 0 Å². The van der Waals surface area contributed by atoms with Crippen molar-refractivity contribution in [1.82, 2.24) is 0 Å². The summed E-state index contributed by atoms with van der Waals surface area (Å²) in [5.74, 6) is 2.53. The van der Waals surface area contributed by atoms with Crippen LogP contribution in [0.5, 0.6) is 11.5 Å². The standard InChI is InChI=1S/C20H24Cl2O4S.CH3.Al/c1-19(2,3)13-7-11(21)9-15(17(13)23)27(25,26)16-10-12(22)8-14(18(16)24)20(4,5)6;;/h7-10,23-24H,1-6H3;1H3;/q;;+2/p-2.